The third-order valence-corrected chi connectivity index (χ3v) is 3.88. The van der Waals surface area contributed by atoms with Crippen molar-refractivity contribution >= 4 is 23.7 Å². The third-order valence-electron chi connectivity index (χ3n) is 2.95. The molecule has 0 spiro atoms. The van der Waals surface area contributed by atoms with E-state index in [1.807, 2.05) is 0 Å². The van der Waals surface area contributed by atoms with Gasteiger partial charge < -0.3 is 5.32 Å². The molecule has 0 radical (unpaired) electrons. The number of urea groups is 1. The van der Waals surface area contributed by atoms with E-state index in [1.165, 1.54) is 11.8 Å². The van der Waals surface area contributed by atoms with E-state index in [0.29, 0.717) is 23.7 Å². The molecule has 8 nitrogen and oxygen atoms in total. The topological polar surface area (TPSA) is 102 Å². The largest absolute Gasteiger partial charge is 0.338 e. The zero-order valence-electron chi connectivity index (χ0n) is 12.2. The van der Waals surface area contributed by atoms with E-state index < -0.39 is 6.03 Å². The smallest absolute Gasteiger partial charge is 0.321 e. The SMILES string of the molecule is CC(C)CCNC(=O)NC(=O)CSc1nnnn1C1CC1. The Labute approximate surface area is 127 Å². The molecule has 9 heteroatoms. The quantitative estimate of drug-likeness (QED) is 0.727. The van der Waals surface area contributed by atoms with Crippen LogP contribution in [0.4, 0.5) is 4.79 Å². The van der Waals surface area contributed by atoms with E-state index >= 15 is 0 Å². The molecule has 21 heavy (non-hydrogen) atoms. The summed E-state index contributed by atoms with van der Waals surface area (Å²) >= 11 is 1.24. The molecule has 3 amide bonds. The molecule has 1 aliphatic carbocycles. The Kier molecular flexibility index (Phi) is 5.54. The van der Waals surface area contributed by atoms with Crippen LogP contribution < -0.4 is 10.6 Å². The van der Waals surface area contributed by atoms with Crippen molar-refractivity contribution in [2.75, 3.05) is 12.3 Å². The lowest BCUT2D eigenvalue weighted by Crippen LogP contribution is -2.40. The zero-order chi connectivity index (χ0) is 15.2. The van der Waals surface area contributed by atoms with Crippen molar-refractivity contribution in [2.24, 2.45) is 5.92 Å². The van der Waals surface area contributed by atoms with Gasteiger partial charge in [-0.3, -0.25) is 10.1 Å². The van der Waals surface area contributed by atoms with Gasteiger partial charge in [-0.2, -0.15) is 0 Å². The minimum atomic E-state index is -0.456. The number of amides is 3. The number of hydrogen-bond donors (Lipinski definition) is 2. The van der Waals surface area contributed by atoms with Crippen molar-refractivity contribution < 1.29 is 9.59 Å². The highest BCUT2D eigenvalue weighted by atomic mass is 32.2. The average Bonchev–Trinajstić information content (AvgIpc) is 3.15. The van der Waals surface area contributed by atoms with E-state index in [0.717, 1.165) is 19.3 Å². The van der Waals surface area contributed by atoms with Gasteiger partial charge in [-0.1, -0.05) is 25.6 Å². The lowest BCUT2D eigenvalue weighted by Gasteiger charge is -2.08. The molecule has 0 bridgehead atoms. The molecule has 1 fully saturated rings. The van der Waals surface area contributed by atoms with Crippen LogP contribution in [0.25, 0.3) is 0 Å². The number of nitrogens with one attached hydrogen (secondary N) is 2. The number of carbonyl (C=O) groups is 2. The van der Waals surface area contributed by atoms with E-state index in [2.05, 4.69) is 40.0 Å². The molecule has 1 aromatic rings. The fourth-order valence-electron chi connectivity index (χ4n) is 1.64. The molecule has 0 saturated heterocycles. The first kappa shape index (κ1) is 15.7. The Hall–Kier alpha value is -1.64. The lowest BCUT2D eigenvalue weighted by molar-refractivity contribution is -0.117. The molecule has 1 heterocycles. The summed E-state index contributed by atoms with van der Waals surface area (Å²) in [6, 6.07) is -0.0899. The summed E-state index contributed by atoms with van der Waals surface area (Å²) in [5.74, 6) is 0.273. The highest BCUT2D eigenvalue weighted by Crippen LogP contribution is 2.36. The second-order valence-electron chi connectivity index (χ2n) is 5.41. The molecule has 1 aromatic heterocycles. The predicted octanol–water partition coefficient (Wildman–Crippen LogP) is 0.972. The van der Waals surface area contributed by atoms with Crippen LogP contribution >= 0.6 is 11.8 Å². The van der Waals surface area contributed by atoms with Crippen LogP contribution in [0.5, 0.6) is 0 Å². The van der Waals surface area contributed by atoms with E-state index in [9.17, 15) is 9.59 Å². The fraction of sp³-hybridized carbons (Fsp3) is 0.750. The van der Waals surface area contributed by atoms with E-state index in [-0.39, 0.29) is 11.7 Å². The lowest BCUT2D eigenvalue weighted by atomic mass is 10.1. The second-order valence-corrected chi connectivity index (χ2v) is 6.35. The van der Waals surface area contributed by atoms with Gasteiger partial charge in [0, 0.05) is 6.54 Å². The van der Waals surface area contributed by atoms with Crippen LogP contribution in [-0.2, 0) is 4.79 Å². The average molecular weight is 312 g/mol. The highest BCUT2D eigenvalue weighted by Gasteiger charge is 2.28. The van der Waals surface area contributed by atoms with Crippen LogP contribution in [0.15, 0.2) is 5.16 Å². The number of nitrogens with zero attached hydrogens (tertiary/aromatic N) is 4. The maximum Gasteiger partial charge on any atom is 0.321 e. The number of carbonyl (C=O) groups excluding carboxylic acids is 2. The van der Waals surface area contributed by atoms with Gasteiger partial charge in [-0.05, 0) is 35.6 Å². The van der Waals surface area contributed by atoms with Gasteiger partial charge in [-0.25, -0.2) is 9.48 Å². The first-order valence-corrected chi connectivity index (χ1v) is 8.03. The summed E-state index contributed by atoms with van der Waals surface area (Å²) in [5, 5.41) is 17.0. The van der Waals surface area contributed by atoms with Crippen LogP contribution in [0, 0.1) is 5.92 Å². The fourth-order valence-corrected chi connectivity index (χ4v) is 2.38. The molecule has 116 valence electrons. The van der Waals surface area contributed by atoms with Gasteiger partial charge in [0.15, 0.2) is 0 Å². The number of hydrogen-bond acceptors (Lipinski definition) is 6. The first-order valence-electron chi connectivity index (χ1n) is 7.04. The van der Waals surface area contributed by atoms with Gasteiger partial charge in [0.25, 0.3) is 0 Å². The van der Waals surface area contributed by atoms with Crippen molar-refractivity contribution in [1.82, 2.24) is 30.8 Å². The molecule has 2 rings (SSSR count). The van der Waals surface area contributed by atoms with E-state index in [1.54, 1.807) is 4.68 Å². The third kappa shape index (κ3) is 5.33. The van der Waals surface area contributed by atoms with Gasteiger partial charge in [0.1, 0.15) is 0 Å². The Balaban J connectivity index is 1.67. The van der Waals surface area contributed by atoms with Crippen molar-refractivity contribution in [3.8, 4) is 0 Å². The molecular weight excluding hydrogens is 292 g/mol. The normalized spacial score (nSPS) is 14.2. The number of aromatic nitrogens is 4. The molecule has 1 saturated carbocycles. The summed E-state index contributed by atoms with van der Waals surface area (Å²) in [6.45, 7) is 4.71. The Morgan fingerprint density at radius 1 is 1.43 bits per heavy atom. The standard InChI is InChI=1S/C12H20N6O2S/c1-8(2)5-6-13-11(20)14-10(19)7-21-12-15-16-17-18(12)9-3-4-9/h8-9H,3-7H2,1-2H3,(H2,13,14,19,20). The number of tetrazole rings is 1. The van der Waals surface area contributed by atoms with Crippen molar-refractivity contribution in [3.05, 3.63) is 0 Å². The molecule has 2 N–H and O–H groups in total. The van der Waals surface area contributed by atoms with Gasteiger partial charge in [0.2, 0.25) is 11.1 Å². The van der Waals surface area contributed by atoms with Gasteiger partial charge in [-0.15, -0.1) is 5.10 Å². The Morgan fingerprint density at radius 3 is 2.86 bits per heavy atom. The molecule has 1 aliphatic rings. The molecule has 0 aliphatic heterocycles. The number of rotatable bonds is 7. The summed E-state index contributed by atoms with van der Waals surface area (Å²) in [5.41, 5.74) is 0. The highest BCUT2D eigenvalue weighted by molar-refractivity contribution is 7.99. The van der Waals surface area contributed by atoms with Gasteiger partial charge >= 0.3 is 6.03 Å². The Morgan fingerprint density at radius 2 is 2.19 bits per heavy atom. The molecule has 0 aromatic carbocycles. The van der Waals surface area contributed by atoms with Crippen molar-refractivity contribution in [1.29, 1.82) is 0 Å². The van der Waals surface area contributed by atoms with Crippen LogP contribution in [0.1, 0.15) is 39.2 Å². The minimum Gasteiger partial charge on any atom is -0.338 e. The van der Waals surface area contributed by atoms with Crippen molar-refractivity contribution in [2.45, 2.75) is 44.3 Å². The monoisotopic (exact) mass is 312 g/mol. The molecule has 0 unspecified atom stereocenters. The van der Waals surface area contributed by atoms with Crippen LogP contribution in [-0.4, -0.2) is 44.4 Å². The predicted molar refractivity (Wildman–Crippen MR) is 77.8 cm³/mol. The summed E-state index contributed by atoms with van der Waals surface area (Å²) in [6.07, 6.45) is 3.03. The molecule has 0 atom stereocenters. The maximum absolute atomic E-state index is 11.7. The van der Waals surface area contributed by atoms with Crippen molar-refractivity contribution in [3.63, 3.8) is 0 Å². The van der Waals surface area contributed by atoms with Crippen LogP contribution in [0.2, 0.25) is 0 Å². The van der Waals surface area contributed by atoms with Crippen LogP contribution in [0.3, 0.4) is 0 Å². The minimum absolute atomic E-state index is 0.116. The van der Waals surface area contributed by atoms with Gasteiger partial charge in [0.05, 0.1) is 11.8 Å². The second kappa shape index (κ2) is 7.39. The first-order chi connectivity index (χ1) is 10.1. The van der Waals surface area contributed by atoms with E-state index in [4.69, 9.17) is 0 Å². The number of imide groups is 1. The molecular formula is C12H20N6O2S. The summed E-state index contributed by atoms with van der Waals surface area (Å²) < 4.78 is 1.74. The summed E-state index contributed by atoms with van der Waals surface area (Å²) in [4.78, 5) is 23.2. The zero-order valence-corrected chi connectivity index (χ0v) is 13.0. The number of thioether (sulfide) groups is 1. The maximum atomic E-state index is 11.7. The Bertz CT molecular complexity index is 500. The summed E-state index contributed by atoms with van der Waals surface area (Å²) in [7, 11) is 0.